The van der Waals surface area contributed by atoms with E-state index in [0.29, 0.717) is 11.3 Å². The van der Waals surface area contributed by atoms with Crippen LogP contribution in [0.15, 0.2) is 30.6 Å². The van der Waals surface area contributed by atoms with Crippen LogP contribution < -0.4 is 11.5 Å². The standard InChI is InChI=1S/C14H12F3N5/c1-22-11(14(15,16)17)9(7-2-4-8(18)5-3-7)10-12(19)20-6-21-13(10)22/h2-6H,18H2,1H3,(H2,19,20,21). The van der Waals surface area contributed by atoms with Gasteiger partial charge in [-0.25, -0.2) is 9.97 Å². The van der Waals surface area contributed by atoms with Crippen LogP contribution in [-0.2, 0) is 13.2 Å². The third kappa shape index (κ3) is 2.03. The highest BCUT2D eigenvalue weighted by molar-refractivity contribution is 6.02. The molecule has 0 aliphatic rings. The van der Waals surface area contributed by atoms with Gasteiger partial charge in [0.1, 0.15) is 23.5 Å². The summed E-state index contributed by atoms with van der Waals surface area (Å²) in [6, 6.07) is 6.11. The number of hydrogen-bond acceptors (Lipinski definition) is 4. The van der Waals surface area contributed by atoms with E-state index in [1.807, 2.05) is 0 Å². The van der Waals surface area contributed by atoms with Gasteiger partial charge in [-0.2, -0.15) is 13.2 Å². The van der Waals surface area contributed by atoms with E-state index in [2.05, 4.69) is 9.97 Å². The Balaban J connectivity index is 2.48. The summed E-state index contributed by atoms with van der Waals surface area (Å²) in [4.78, 5) is 7.74. The van der Waals surface area contributed by atoms with E-state index in [-0.39, 0.29) is 22.4 Å². The van der Waals surface area contributed by atoms with Gasteiger partial charge in [0.05, 0.1) is 5.39 Å². The first-order chi connectivity index (χ1) is 10.3. The topological polar surface area (TPSA) is 82.8 Å². The zero-order valence-corrected chi connectivity index (χ0v) is 11.5. The molecular weight excluding hydrogens is 295 g/mol. The Morgan fingerprint density at radius 2 is 1.68 bits per heavy atom. The third-order valence-electron chi connectivity index (χ3n) is 3.46. The van der Waals surface area contributed by atoms with Crippen molar-refractivity contribution >= 4 is 22.5 Å². The molecule has 0 aliphatic carbocycles. The minimum absolute atomic E-state index is 0.00271. The zero-order valence-electron chi connectivity index (χ0n) is 11.5. The van der Waals surface area contributed by atoms with Crippen LogP contribution in [0.1, 0.15) is 5.69 Å². The van der Waals surface area contributed by atoms with Crippen LogP contribution in [0.3, 0.4) is 0 Å². The molecule has 2 aromatic heterocycles. The molecule has 0 unspecified atom stereocenters. The Labute approximate surface area is 123 Å². The van der Waals surface area contributed by atoms with Gasteiger partial charge in [-0.1, -0.05) is 12.1 Å². The van der Waals surface area contributed by atoms with E-state index in [4.69, 9.17) is 11.5 Å². The largest absolute Gasteiger partial charge is 0.432 e. The predicted octanol–water partition coefficient (Wildman–Crippen LogP) is 2.82. The van der Waals surface area contributed by atoms with E-state index in [1.165, 1.54) is 31.3 Å². The molecule has 3 rings (SSSR count). The maximum atomic E-state index is 13.5. The van der Waals surface area contributed by atoms with Crippen LogP contribution in [0.5, 0.6) is 0 Å². The number of nitrogens with zero attached hydrogens (tertiary/aromatic N) is 3. The molecule has 5 nitrogen and oxygen atoms in total. The van der Waals surface area contributed by atoms with Crippen molar-refractivity contribution < 1.29 is 13.2 Å². The number of nitrogen functional groups attached to an aromatic ring is 2. The minimum atomic E-state index is -4.56. The molecule has 0 amide bonds. The van der Waals surface area contributed by atoms with Crippen LogP contribution in [0.4, 0.5) is 24.7 Å². The van der Waals surface area contributed by atoms with E-state index >= 15 is 0 Å². The van der Waals surface area contributed by atoms with E-state index in [0.717, 1.165) is 10.9 Å². The molecule has 8 heteroatoms. The van der Waals surface area contributed by atoms with Crippen LogP contribution in [0.25, 0.3) is 22.2 Å². The second kappa shape index (κ2) is 4.62. The normalized spacial score (nSPS) is 12.0. The number of halogens is 3. The number of anilines is 2. The number of alkyl halides is 3. The molecule has 4 N–H and O–H groups in total. The van der Waals surface area contributed by atoms with Crippen LogP contribution >= 0.6 is 0 Å². The fourth-order valence-corrected chi connectivity index (χ4v) is 2.54. The van der Waals surface area contributed by atoms with Crippen LogP contribution in [0, 0.1) is 0 Å². The van der Waals surface area contributed by atoms with Crippen molar-refractivity contribution in [3.63, 3.8) is 0 Å². The molecule has 0 bridgehead atoms. The number of aryl methyl sites for hydroxylation is 1. The van der Waals surface area contributed by atoms with E-state index in [1.54, 1.807) is 0 Å². The van der Waals surface area contributed by atoms with Crippen molar-refractivity contribution in [2.45, 2.75) is 6.18 Å². The lowest BCUT2D eigenvalue weighted by molar-refractivity contribution is -0.142. The highest BCUT2D eigenvalue weighted by Crippen LogP contribution is 2.43. The summed E-state index contributed by atoms with van der Waals surface area (Å²) in [5.41, 5.74) is 11.5. The van der Waals surface area contributed by atoms with Gasteiger partial charge in [0.2, 0.25) is 0 Å². The Bertz CT molecular complexity index is 850. The van der Waals surface area contributed by atoms with Gasteiger partial charge >= 0.3 is 6.18 Å². The SMILES string of the molecule is Cn1c(C(F)(F)F)c(-c2ccc(N)cc2)c2c(N)ncnc21. The van der Waals surface area contributed by atoms with Crippen LogP contribution in [-0.4, -0.2) is 14.5 Å². The molecule has 0 fully saturated rings. The first kappa shape index (κ1) is 14.2. The van der Waals surface area contributed by atoms with Crippen molar-refractivity contribution in [1.29, 1.82) is 0 Å². The number of rotatable bonds is 1. The molecule has 0 saturated heterocycles. The molecule has 2 heterocycles. The lowest BCUT2D eigenvalue weighted by Crippen LogP contribution is -2.12. The average molecular weight is 307 g/mol. The first-order valence-electron chi connectivity index (χ1n) is 6.32. The summed E-state index contributed by atoms with van der Waals surface area (Å²) in [6.07, 6.45) is -3.41. The number of hydrogen-bond donors (Lipinski definition) is 2. The molecular formula is C14H12F3N5. The molecule has 0 radical (unpaired) electrons. The second-order valence-electron chi connectivity index (χ2n) is 4.86. The minimum Gasteiger partial charge on any atom is -0.399 e. The molecule has 114 valence electrons. The second-order valence-corrected chi connectivity index (χ2v) is 4.86. The smallest absolute Gasteiger partial charge is 0.399 e. The average Bonchev–Trinajstić information content (AvgIpc) is 2.74. The number of aromatic nitrogens is 3. The van der Waals surface area contributed by atoms with Crippen molar-refractivity contribution in [3.05, 3.63) is 36.3 Å². The van der Waals surface area contributed by atoms with E-state index in [9.17, 15) is 13.2 Å². The van der Waals surface area contributed by atoms with Gasteiger partial charge in [-0.3, -0.25) is 0 Å². The Morgan fingerprint density at radius 3 is 2.27 bits per heavy atom. The lowest BCUT2D eigenvalue weighted by Gasteiger charge is -2.11. The molecule has 1 aromatic carbocycles. The molecule has 0 atom stereocenters. The predicted molar refractivity (Wildman–Crippen MR) is 77.8 cm³/mol. The molecule has 0 aliphatic heterocycles. The first-order valence-corrected chi connectivity index (χ1v) is 6.32. The summed E-state index contributed by atoms with van der Waals surface area (Å²) in [6.45, 7) is 0. The summed E-state index contributed by atoms with van der Waals surface area (Å²) >= 11 is 0. The number of fused-ring (bicyclic) bond motifs is 1. The highest BCUT2D eigenvalue weighted by Gasteiger charge is 2.39. The van der Waals surface area contributed by atoms with Crippen molar-refractivity contribution in [3.8, 4) is 11.1 Å². The molecule has 0 saturated carbocycles. The van der Waals surface area contributed by atoms with Crippen molar-refractivity contribution in [2.24, 2.45) is 7.05 Å². The molecule has 3 aromatic rings. The zero-order chi connectivity index (χ0) is 16.1. The summed E-state index contributed by atoms with van der Waals surface area (Å²) in [5, 5.41) is 0.182. The van der Waals surface area contributed by atoms with Crippen LogP contribution in [0.2, 0.25) is 0 Å². The van der Waals surface area contributed by atoms with Gasteiger partial charge in [0.15, 0.2) is 0 Å². The van der Waals surface area contributed by atoms with Gasteiger partial charge in [-0.05, 0) is 17.7 Å². The summed E-state index contributed by atoms with van der Waals surface area (Å²) < 4.78 is 41.5. The maximum Gasteiger partial charge on any atom is 0.432 e. The van der Waals surface area contributed by atoms with Crippen molar-refractivity contribution in [1.82, 2.24) is 14.5 Å². The monoisotopic (exact) mass is 307 g/mol. The van der Waals surface area contributed by atoms with Gasteiger partial charge in [-0.15, -0.1) is 0 Å². The quantitative estimate of drug-likeness (QED) is 0.677. The lowest BCUT2D eigenvalue weighted by atomic mass is 10.0. The Kier molecular flexibility index (Phi) is 2.98. The van der Waals surface area contributed by atoms with Gasteiger partial charge < -0.3 is 16.0 Å². The molecule has 22 heavy (non-hydrogen) atoms. The van der Waals surface area contributed by atoms with Gasteiger partial charge in [0.25, 0.3) is 0 Å². The number of nitrogens with two attached hydrogens (primary N) is 2. The molecule has 0 spiro atoms. The van der Waals surface area contributed by atoms with Gasteiger partial charge in [0, 0.05) is 18.3 Å². The summed E-state index contributed by atoms with van der Waals surface area (Å²) in [5.74, 6) is 0.00271. The number of benzene rings is 1. The fraction of sp³-hybridized carbons (Fsp3) is 0.143. The third-order valence-corrected chi connectivity index (χ3v) is 3.46. The van der Waals surface area contributed by atoms with E-state index < -0.39 is 11.9 Å². The maximum absolute atomic E-state index is 13.5. The Morgan fingerprint density at radius 1 is 1.05 bits per heavy atom. The summed E-state index contributed by atoms with van der Waals surface area (Å²) in [7, 11) is 1.30. The van der Waals surface area contributed by atoms with Crippen molar-refractivity contribution in [2.75, 3.05) is 11.5 Å². The highest BCUT2D eigenvalue weighted by atomic mass is 19.4. The fourth-order valence-electron chi connectivity index (χ4n) is 2.54. The Hall–Kier alpha value is -2.77.